The first-order valence-electron chi connectivity index (χ1n) is 7.10. The Labute approximate surface area is 124 Å². The molecule has 0 fully saturated rings. The minimum absolute atomic E-state index is 0.337. The van der Waals surface area contributed by atoms with Crippen LogP contribution < -0.4 is 10.5 Å². The third-order valence-corrected chi connectivity index (χ3v) is 3.99. The molecule has 4 nitrogen and oxygen atoms in total. The van der Waals surface area contributed by atoms with Crippen LogP contribution in [0.5, 0.6) is 5.75 Å². The van der Waals surface area contributed by atoms with Gasteiger partial charge in [-0.3, -0.25) is 0 Å². The van der Waals surface area contributed by atoms with Crippen molar-refractivity contribution < 1.29 is 4.74 Å². The van der Waals surface area contributed by atoms with Gasteiger partial charge in [0.1, 0.15) is 23.2 Å². The maximum absolute atomic E-state index is 9.47. The number of benzene rings is 1. The topological polar surface area (TPSA) is 71.9 Å². The van der Waals surface area contributed by atoms with Crippen LogP contribution in [-0.2, 0) is 12.8 Å². The summed E-state index contributed by atoms with van der Waals surface area (Å²) in [4.78, 5) is 4.43. The van der Waals surface area contributed by atoms with Crippen molar-refractivity contribution >= 4 is 5.82 Å². The van der Waals surface area contributed by atoms with Crippen molar-refractivity contribution in [1.82, 2.24) is 4.98 Å². The molecule has 0 saturated heterocycles. The van der Waals surface area contributed by atoms with Gasteiger partial charge in [-0.15, -0.1) is 0 Å². The first-order chi connectivity index (χ1) is 10.2. The molecule has 0 aliphatic heterocycles. The van der Waals surface area contributed by atoms with E-state index in [4.69, 9.17) is 10.5 Å². The Bertz CT molecular complexity index is 714. The molecule has 0 spiro atoms. The van der Waals surface area contributed by atoms with Gasteiger partial charge in [0.25, 0.3) is 0 Å². The van der Waals surface area contributed by atoms with E-state index in [1.807, 2.05) is 24.3 Å². The first kappa shape index (κ1) is 13.4. The molecule has 1 aromatic carbocycles. The number of pyridine rings is 1. The number of methoxy groups -OCH3 is 1. The van der Waals surface area contributed by atoms with E-state index in [9.17, 15) is 5.26 Å². The number of fused-ring (bicyclic) bond motifs is 1. The summed E-state index contributed by atoms with van der Waals surface area (Å²) in [5.41, 5.74) is 10.6. The number of nitriles is 1. The van der Waals surface area contributed by atoms with Crippen LogP contribution in [0.25, 0.3) is 11.1 Å². The van der Waals surface area contributed by atoms with Gasteiger partial charge in [0.15, 0.2) is 0 Å². The maximum Gasteiger partial charge on any atom is 0.142 e. The summed E-state index contributed by atoms with van der Waals surface area (Å²) in [5, 5.41) is 9.47. The third-order valence-electron chi connectivity index (χ3n) is 3.99. The van der Waals surface area contributed by atoms with Crippen molar-refractivity contribution in [2.24, 2.45) is 0 Å². The Kier molecular flexibility index (Phi) is 3.49. The lowest BCUT2D eigenvalue weighted by Crippen LogP contribution is -2.11. The summed E-state index contributed by atoms with van der Waals surface area (Å²) in [7, 11) is 1.64. The first-order valence-corrected chi connectivity index (χ1v) is 7.10. The zero-order chi connectivity index (χ0) is 14.8. The molecule has 21 heavy (non-hydrogen) atoms. The van der Waals surface area contributed by atoms with Crippen LogP contribution >= 0.6 is 0 Å². The highest BCUT2D eigenvalue weighted by atomic mass is 16.5. The summed E-state index contributed by atoms with van der Waals surface area (Å²) >= 11 is 0. The Morgan fingerprint density at radius 2 is 1.90 bits per heavy atom. The maximum atomic E-state index is 9.47. The summed E-state index contributed by atoms with van der Waals surface area (Å²) < 4.78 is 5.20. The predicted molar refractivity (Wildman–Crippen MR) is 82.0 cm³/mol. The van der Waals surface area contributed by atoms with Crippen LogP contribution in [0.2, 0.25) is 0 Å². The van der Waals surface area contributed by atoms with E-state index in [0.717, 1.165) is 48.3 Å². The SMILES string of the molecule is COc1ccc(-c2c(C#N)c(N)nc3c2CCCC3)cc1. The molecule has 0 radical (unpaired) electrons. The van der Waals surface area contributed by atoms with Crippen molar-refractivity contribution in [1.29, 1.82) is 5.26 Å². The molecule has 3 rings (SSSR count). The average Bonchev–Trinajstić information content (AvgIpc) is 2.53. The third kappa shape index (κ3) is 2.31. The standard InChI is InChI=1S/C17H17N3O/c1-21-12-8-6-11(7-9-12)16-13-4-2-3-5-15(13)20-17(19)14(16)10-18/h6-9H,2-5H2,1H3,(H2,19,20). The zero-order valence-corrected chi connectivity index (χ0v) is 12.0. The summed E-state index contributed by atoms with van der Waals surface area (Å²) in [6, 6.07) is 9.98. The molecule has 1 aliphatic carbocycles. The van der Waals surface area contributed by atoms with Gasteiger partial charge in [-0.1, -0.05) is 12.1 Å². The molecule has 106 valence electrons. The highest BCUT2D eigenvalue weighted by Crippen LogP contribution is 2.36. The molecule has 0 amide bonds. The van der Waals surface area contributed by atoms with E-state index in [1.165, 1.54) is 5.56 Å². The Balaban J connectivity index is 2.23. The lowest BCUT2D eigenvalue weighted by atomic mass is 9.86. The van der Waals surface area contributed by atoms with Crippen molar-refractivity contribution in [2.75, 3.05) is 12.8 Å². The Morgan fingerprint density at radius 3 is 2.57 bits per heavy atom. The number of anilines is 1. The van der Waals surface area contributed by atoms with Gasteiger partial charge in [0, 0.05) is 11.3 Å². The molecular weight excluding hydrogens is 262 g/mol. The monoisotopic (exact) mass is 279 g/mol. The number of rotatable bonds is 2. The molecule has 0 bridgehead atoms. The smallest absolute Gasteiger partial charge is 0.142 e. The average molecular weight is 279 g/mol. The van der Waals surface area contributed by atoms with Gasteiger partial charge in [0.2, 0.25) is 0 Å². The van der Waals surface area contributed by atoms with Crippen molar-refractivity contribution in [3.8, 4) is 22.9 Å². The van der Waals surface area contributed by atoms with Crippen LogP contribution in [0.1, 0.15) is 29.7 Å². The molecule has 0 saturated carbocycles. The van der Waals surface area contributed by atoms with Gasteiger partial charge >= 0.3 is 0 Å². The number of hydrogen-bond donors (Lipinski definition) is 1. The second-order valence-electron chi connectivity index (χ2n) is 5.22. The molecule has 1 aliphatic rings. The van der Waals surface area contributed by atoms with Gasteiger partial charge in [-0.25, -0.2) is 4.98 Å². The number of ether oxygens (including phenoxy) is 1. The van der Waals surface area contributed by atoms with Crippen LogP contribution in [0, 0.1) is 11.3 Å². The van der Waals surface area contributed by atoms with Gasteiger partial charge in [0.05, 0.1) is 7.11 Å². The predicted octanol–water partition coefficient (Wildman–Crippen LogP) is 3.09. The quantitative estimate of drug-likeness (QED) is 0.917. The summed E-state index contributed by atoms with van der Waals surface area (Å²) in [6.07, 6.45) is 4.16. The van der Waals surface area contributed by atoms with E-state index >= 15 is 0 Å². The lowest BCUT2D eigenvalue weighted by Gasteiger charge is -2.21. The number of aryl methyl sites for hydroxylation is 1. The fraction of sp³-hybridized carbons (Fsp3) is 0.294. The Hall–Kier alpha value is -2.54. The second kappa shape index (κ2) is 5.45. The number of nitrogen functional groups attached to an aromatic ring is 1. The van der Waals surface area contributed by atoms with Gasteiger partial charge in [-0.2, -0.15) is 5.26 Å². The highest BCUT2D eigenvalue weighted by molar-refractivity contribution is 5.79. The fourth-order valence-corrected chi connectivity index (χ4v) is 2.95. The highest BCUT2D eigenvalue weighted by Gasteiger charge is 2.21. The summed E-state index contributed by atoms with van der Waals surface area (Å²) in [5.74, 6) is 1.14. The van der Waals surface area contributed by atoms with Crippen LogP contribution in [0.3, 0.4) is 0 Å². The van der Waals surface area contributed by atoms with Crippen LogP contribution in [0.4, 0.5) is 5.82 Å². The number of hydrogen-bond acceptors (Lipinski definition) is 4. The minimum Gasteiger partial charge on any atom is -0.497 e. The minimum atomic E-state index is 0.337. The molecule has 2 N–H and O–H groups in total. The summed E-state index contributed by atoms with van der Waals surface area (Å²) in [6.45, 7) is 0. The second-order valence-corrected chi connectivity index (χ2v) is 5.22. The van der Waals surface area contributed by atoms with Gasteiger partial charge in [-0.05, 0) is 48.9 Å². The number of nitrogens with two attached hydrogens (primary N) is 1. The van der Waals surface area contributed by atoms with E-state index < -0.39 is 0 Å². The Morgan fingerprint density at radius 1 is 1.19 bits per heavy atom. The molecule has 0 unspecified atom stereocenters. The molecule has 1 heterocycles. The van der Waals surface area contributed by atoms with E-state index in [1.54, 1.807) is 7.11 Å². The largest absolute Gasteiger partial charge is 0.497 e. The van der Waals surface area contributed by atoms with Crippen LogP contribution in [-0.4, -0.2) is 12.1 Å². The van der Waals surface area contributed by atoms with E-state index in [0.29, 0.717) is 11.4 Å². The van der Waals surface area contributed by atoms with Crippen LogP contribution in [0.15, 0.2) is 24.3 Å². The number of aromatic nitrogens is 1. The fourth-order valence-electron chi connectivity index (χ4n) is 2.95. The zero-order valence-electron chi connectivity index (χ0n) is 12.0. The van der Waals surface area contributed by atoms with Crippen molar-refractivity contribution in [2.45, 2.75) is 25.7 Å². The molecule has 1 aromatic heterocycles. The molecule has 4 heteroatoms. The molecule has 0 atom stereocenters. The normalized spacial score (nSPS) is 13.3. The molecular formula is C17H17N3O. The van der Waals surface area contributed by atoms with E-state index in [2.05, 4.69) is 11.1 Å². The lowest BCUT2D eigenvalue weighted by molar-refractivity contribution is 0.415. The molecule has 2 aromatic rings. The van der Waals surface area contributed by atoms with Crippen molar-refractivity contribution in [3.05, 3.63) is 41.1 Å². The van der Waals surface area contributed by atoms with Crippen molar-refractivity contribution in [3.63, 3.8) is 0 Å². The van der Waals surface area contributed by atoms with Gasteiger partial charge < -0.3 is 10.5 Å². The number of nitrogens with zero attached hydrogens (tertiary/aromatic N) is 2. The van der Waals surface area contributed by atoms with E-state index in [-0.39, 0.29) is 0 Å².